The number of Topliss-reactive ketones (excluding diaryl/α,β-unsaturated/α-hetero) is 2. The Morgan fingerprint density at radius 1 is 0.829 bits per heavy atom. The summed E-state index contributed by atoms with van der Waals surface area (Å²) < 4.78 is 5.71. The molecule has 0 radical (unpaired) electrons. The molecule has 0 aliphatic rings. The van der Waals surface area contributed by atoms with Crippen LogP contribution in [0.15, 0.2) is 89.9 Å². The van der Waals surface area contributed by atoms with Crippen molar-refractivity contribution in [3.8, 4) is 5.75 Å². The van der Waals surface area contributed by atoms with E-state index in [0.717, 1.165) is 5.56 Å². The first-order valence-corrected chi connectivity index (χ1v) is 12.8. The molecule has 0 fully saturated rings. The van der Waals surface area contributed by atoms with Gasteiger partial charge in [0.2, 0.25) is 5.91 Å². The standard InChI is InChI=1S/C30H33N5O6/c31-23(17-25(37)38)27(39)30(20-7-3-1-4-8-20,21-9-5-2-6-10-21)26(28(32)40)24(36)18-41-22-13-11-19(12-14-22)15-16-35-29(33)34/h1-14,23,26H,15-18,31H2,(H2,32,40)(H,37,38)(H4,33,34,35)/t23-,26?/m0/s1. The average Bonchev–Trinajstić information content (AvgIpc) is 2.95. The minimum Gasteiger partial charge on any atom is -0.486 e. The van der Waals surface area contributed by atoms with Gasteiger partial charge in [-0.2, -0.15) is 0 Å². The van der Waals surface area contributed by atoms with Gasteiger partial charge in [-0.1, -0.05) is 72.8 Å². The molecule has 1 amide bonds. The van der Waals surface area contributed by atoms with Gasteiger partial charge in [-0.3, -0.25) is 24.2 Å². The molecule has 11 nitrogen and oxygen atoms in total. The minimum atomic E-state index is -2.02. The fourth-order valence-electron chi connectivity index (χ4n) is 4.82. The number of carbonyl (C=O) groups excluding carboxylic acids is 3. The first kappa shape index (κ1) is 30.5. The summed E-state index contributed by atoms with van der Waals surface area (Å²) in [6, 6.07) is 21.5. The van der Waals surface area contributed by atoms with Crippen LogP contribution >= 0.6 is 0 Å². The van der Waals surface area contributed by atoms with E-state index in [4.69, 9.17) is 27.7 Å². The molecule has 0 saturated carbocycles. The second-order valence-corrected chi connectivity index (χ2v) is 9.40. The summed E-state index contributed by atoms with van der Waals surface area (Å²) in [4.78, 5) is 56.5. The Hall–Kier alpha value is -5.03. The van der Waals surface area contributed by atoms with Crippen molar-refractivity contribution in [3.05, 3.63) is 102 Å². The van der Waals surface area contributed by atoms with Crippen LogP contribution in [0, 0.1) is 5.92 Å². The number of aliphatic imine (C=N–C) groups is 1. The third-order valence-electron chi connectivity index (χ3n) is 6.62. The first-order chi connectivity index (χ1) is 19.6. The fraction of sp³-hybridized carbons (Fsp3) is 0.233. The number of nitrogens with zero attached hydrogens (tertiary/aromatic N) is 1. The van der Waals surface area contributed by atoms with Crippen molar-refractivity contribution in [2.24, 2.45) is 33.8 Å². The third kappa shape index (κ3) is 7.34. The lowest BCUT2D eigenvalue weighted by Gasteiger charge is -2.39. The van der Waals surface area contributed by atoms with Crippen LogP contribution < -0.4 is 27.7 Å². The Kier molecular flexibility index (Phi) is 10.3. The zero-order chi connectivity index (χ0) is 30.0. The normalized spacial score (nSPS) is 12.5. The lowest BCUT2D eigenvalue weighted by molar-refractivity contribution is -0.143. The molecule has 0 spiro atoms. The maximum Gasteiger partial charge on any atom is 0.305 e. The van der Waals surface area contributed by atoms with Gasteiger partial charge in [0.1, 0.15) is 18.3 Å². The van der Waals surface area contributed by atoms with Crippen molar-refractivity contribution in [2.45, 2.75) is 24.3 Å². The highest BCUT2D eigenvalue weighted by Crippen LogP contribution is 2.42. The summed E-state index contributed by atoms with van der Waals surface area (Å²) in [7, 11) is 0. The van der Waals surface area contributed by atoms with Gasteiger partial charge in [-0.05, 0) is 35.2 Å². The number of hydrogen-bond donors (Lipinski definition) is 5. The maximum atomic E-state index is 14.2. The highest BCUT2D eigenvalue weighted by Gasteiger charge is 2.55. The number of ketones is 2. The topological polar surface area (TPSA) is 214 Å². The van der Waals surface area contributed by atoms with Crippen LogP contribution in [0.4, 0.5) is 0 Å². The average molecular weight is 560 g/mol. The summed E-state index contributed by atoms with van der Waals surface area (Å²) in [5, 5.41) is 9.37. The van der Waals surface area contributed by atoms with Crippen LogP contribution in [0.5, 0.6) is 5.75 Å². The SMILES string of the molecule is NC(=O)C(C(=O)COc1ccc(CCN=C(N)N)cc1)C(C(=O)[C@@H](N)CC(=O)O)(c1ccccc1)c1ccccc1. The number of nitrogens with two attached hydrogens (primary N) is 4. The van der Waals surface area contributed by atoms with E-state index in [-0.39, 0.29) is 17.1 Å². The van der Waals surface area contributed by atoms with E-state index in [1.54, 1.807) is 84.9 Å². The summed E-state index contributed by atoms with van der Waals surface area (Å²) in [6.07, 6.45) is -0.137. The molecule has 0 saturated heterocycles. The van der Waals surface area contributed by atoms with Crippen LogP contribution in [-0.4, -0.2) is 53.7 Å². The van der Waals surface area contributed by atoms with E-state index in [0.29, 0.717) is 18.7 Å². The van der Waals surface area contributed by atoms with Crippen LogP contribution in [-0.2, 0) is 31.0 Å². The molecular formula is C30H33N5O6. The molecule has 0 aliphatic carbocycles. The number of carbonyl (C=O) groups is 4. The van der Waals surface area contributed by atoms with Crippen LogP contribution in [0.25, 0.3) is 0 Å². The Morgan fingerprint density at radius 2 is 1.37 bits per heavy atom. The molecule has 3 aromatic carbocycles. The fourth-order valence-corrected chi connectivity index (χ4v) is 4.82. The number of benzene rings is 3. The van der Waals surface area contributed by atoms with E-state index < -0.39 is 53.8 Å². The van der Waals surface area contributed by atoms with Crippen molar-refractivity contribution < 1.29 is 29.0 Å². The molecule has 9 N–H and O–H groups in total. The van der Waals surface area contributed by atoms with E-state index in [1.807, 2.05) is 0 Å². The Bertz CT molecular complexity index is 1350. The number of carboxylic acids is 1. The van der Waals surface area contributed by atoms with Crippen LogP contribution in [0.2, 0.25) is 0 Å². The molecule has 0 bridgehead atoms. The molecule has 0 aliphatic heterocycles. The molecule has 41 heavy (non-hydrogen) atoms. The van der Waals surface area contributed by atoms with Gasteiger partial charge in [-0.25, -0.2) is 0 Å². The summed E-state index contributed by atoms with van der Waals surface area (Å²) in [5.74, 6) is -5.44. The van der Waals surface area contributed by atoms with E-state index in [2.05, 4.69) is 4.99 Å². The number of aliphatic carboxylic acids is 1. The number of amides is 1. The highest BCUT2D eigenvalue weighted by atomic mass is 16.5. The second-order valence-electron chi connectivity index (χ2n) is 9.40. The molecule has 3 aromatic rings. The maximum absolute atomic E-state index is 14.2. The van der Waals surface area contributed by atoms with Gasteiger partial charge < -0.3 is 32.8 Å². The van der Waals surface area contributed by atoms with Crippen molar-refractivity contribution in [3.63, 3.8) is 0 Å². The minimum absolute atomic E-state index is 0.00282. The quantitative estimate of drug-likeness (QED) is 0.101. The number of rotatable bonds is 15. The molecule has 0 heterocycles. The van der Waals surface area contributed by atoms with Crippen molar-refractivity contribution in [1.82, 2.24) is 0 Å². The van der Waals surface area contributed by atoms with Gasteiger partial charge in [0.25, 0.3) is 0 Å². The second kappa shape index (κ2) is 13.9. The van der Waals surface area contributed by atoms with Gasteiger partial charge in [-0.15, -0.1) is 0 Å². The number of carboxylic acid groups (broad SMARTS) is 1. The Morgan fingerprint density at radius 3 is 1.83 bits per heavy atom. The van der Waals surface area contributed by atoms with Gasteiger partial charge in [0.05, 0.1) is 17.9 Å². The summed E-state index contributed by atoms with van der Waals surface area (Å²) >= 11 is 0. The van der Waals surface area contributed by atoms with Gasteiger partial charge >= 0.3 is 5.97 Å². The number of hydrogen-bond acceptors (Lipinski definition) is 7. The van der Waals surface area contributed by atoms with E-state index in [1.165, 1.54) is 0 Å². The number of ether oxygens (including phenoxy) is 1. The van der Waals surface area contributed by atoms with Gasteiger partial charge in [0, 0.05) is 6.54 Å². The molecule has 2 atom stereocenters. The molecule has 214 valence electrons. The molecule has 0 aromatic heterocycles. The third-order valence-corrected chi connectivity index (χ3v) is 6.62. The van der Waals surface area contributed by atoms with Crippen molar-refractivity contribution in [1.29, 1.82) is 0 Å². The lowest BCUT2D eigenvalue weighted by Crippen LogP contribution is -2.58. The lowest BCUT2D eigenvalue weighted by atomic mass is 9.60. The predicted octanol–water partition coefficient (Wildman–Crippen LogP) is 0.909. The van der Waals surface area contributed by atoms with Gasteiger partial charge in [0.15, 0.2) is 17.5 Å². The highest BCUT2D eigenvalue weighted by molar-refractivity contribution is 6.12. The predicted molar refractivity (Wildman–Crippen MR) is 153 cm³/mol. The summed E-state index contributed by atoms with van der Waals surface area (Å²) in [6.45, 7) is -0.190. The van der Waals surface area contributed by atoms with Crippen LogP contribution in [0.1, 0.15) is 23.1 Å². The molecule has 11 heteroatoms. The smallest absolute Gasteiger partial charge is 0.305 e. The van der Waals surface area contributed by atoms with Crippen molar-refractivity contribution >= 4 is 29.4 Å². The molecule has 1 unspecified atom stereocenters. The van der Waals surface area contributed by atoms with E-state index in [9.17, 15) is 24.3 Å². The van der Waals surface area contributed by atoms with Crippen LogP contribution in [0.3, 0.4) is 0 Å². The molecule has 3 rings (SSSR count). The Labute approximate surface area is 237 Å². The van der Waals surface area contributed by atoms with E-state index >= 15 is 0 Å². The zero-order valence-corrected chi connectivity index (χ0v) is 22.3. The molecular weight excluding hydrogens is 526 g/mol. The first-order valence-electron chi connectivity index (χ1n) is 12.8. The van der Waals surface area contributed by atoms with Crippen molar-refractivity contribution in [2.75, 3.05) is 13.2 Å². The zero-order valence-electron chi connectivity index (χ0n) is 22.3. The Balaban J connectivity index is 2.03. The number of guanidine groups is 1. The number of primary amides is 1. The summed E-state index contributed by atoms with van der Waals surface area (Å²) in [5.41, 5.74) is 22.1. The monoisotopic (exact) mass is 559 g/mol. The largest absolute Gasteiger partial charge is 0.486 e.